The molecular weight excluding hydrogens is 775 g/mol. The SMILES string of the molecule is C1=C2Sc3ccccc3C3(C2=CCC1)c1cc(-c2nc(-c4ccccc4)nc(-c4ccccc4)n2)ccc1-c1ccc(-c2ccc(-c4cccnc4)cc2-c2cccnc2)cc13. The average Bonchev–Trinajstić information content (AvgIpc) is 3.64. The molecule has 0 amide bonds. The van der Waals surface area contributed by atoms with Crippen LogP contribution < -0.4 is 0 Å². The first-order chi connectivity index (χ1) is 30.7. The number of fused-ring (bicyclic) bond motifs is 9. The molecule has 0 fully saturated rings. The first kappa shape index (κ1) is 36.3. The van der Waals surface area contributed by atoms with Crippen LogP contribution in [0.2, 0.25) is 0 Å². The minimum Gasteiger partial charge on any atom is -0.264 e. The van der Waals surface area contributed by atoms with Crippen LogP contribution in [-0.4, -0.2) is 24.9 Å². The molecule has 0 bridgehead atoms. The summed E-state index contributed by atoms with van der Waals surface area (Å²) in [7, 11) is 0. The molecule has 0 saturated heterocycles. The quantitative estimate of drug-likeness (QED) is 0.167. The van der Waals surface area contributed by atoms with Crippen molar-refractivity contribution in [3.05, 3.63) is 228 Å². The molecule has 0 N–H and O–H groups in total. The second-order valence-electron chi connectivity index (χ2n) is 15.9. The van der Waals surface area contributed by atoms with Crippen LogP contribution in [0.3, 0.4) is 0 Å². The number of thioether (sulfide) groups is 1. The van der Waals surface area contributed by atoms with E-state index in [-0.39, 0.29) is 0 Å². The molecular formula is C56H37N5S. The van der Waals surface area contributed by atoms with Crippen molar-refractivity contribution < 1.29 is 0 Å². The van der Waals surface area contributed by atoms with Crippen molar-refractivity contribution in [3.8, 4) is 78.7 Å². The number of allylic oxidation sites excluding steroid dienone is 3. The van der Waals surface area contributed by atoms with Crippen molar-refractivity contribution in [1.82, 2.24) is 24.9 Å². The van der Waals surface area contributed by atoms with Gasteiger partial charge in [0, 0.05) is 62.4 Å². The molecule has 1 unspecified atom stereocenters. The molecule has 3 aromatic heterocycles. The number of pyridine rings is 2. The average molecular weight is 812 g/mol. The van der Waals surface area contributed by atoms with Gasteiger partial charge in [-0.25, -0.2) is 15.0 Å². The number of hydrogen-bond acceptors (Lipinski definition) is 6. The normalized spacial score (nSPS) is 15.8. The predicted molar refractivity (Wildman–Crippen MR) is 251 cm³/mol. The van der Waals surface area contributed by atoms with E-state index in [0.29, 0.717) is 17.5 Å². The highest BCUT2D eigenvalue weighted by molar-refractivity contribution is 8.03. The van der Waals surface area contributed by atoms with E-state index in [2.05, 4.69) is 137 Å². The summed E-state index contributed by atoms with van der Waals surface area (Å²) in [5.74, 6) is 1.95. The maximum Gasteiger partial charge on any atom is 0.164 e. The summed E-state index contributed by atoms with van der Waals surface area (Å²) in [6, 6.07) is 58.4. The Morgan fingerprint density at radius 3 is 1.61 bits per heavy atom. The van der Waals surface area contributed by atoms with Crippen LogP contribution in [0.15, 0.2) is 216 Å². The summed E-state index contributed by atoms with van der Waals surface area (Å²) >= 11 is 1.90. The Kier molecular flexibility index (Phi) is 8.71. The number of benzene rings is 6. The van der Waals surface area contributed by atoms with Gasteiger partial charge in [0.05, 0.1) is 5.41 Å². The van der Waals surface area contributed by atoms with Crippen molar-refractivity contribution >= 4 is 11.8 Å². The van der Waals surface area contributed by atoms with Crippen LogP contribution in [0.5, 0.6) is 0 Å². The Balaban J connectivity index is 1.10. The zero-order valence-corrected chi connectivity index (χ0v) is 34.4. The zero-order chi connectivity index (χ0) is 41.0. The van der Waals surface area contributed by atoms with Gasteiger partial charge in [-0.2, -0.15) is 0 Å². The highest BCUT2D eigenvalue weighted by Gasteiger charge is 2.52. The van der Waals surface area contributed by atoms with Crippen molar-refractivity contribution in [2.45, 2.75) is 23.2 Å². The topological polar surface area (TPSA) is 64.5 Å². The summed E-state index contributed by atoms with van der Waals surface area (Å²) in [5, 5.41) is 0. The molecule has 0 saturated carbocycles. The molecule has 9 aromatic rings. The van der Waals surface area contributed by atoms with E-state index in [1.807, 2.05) is 85.1 Å². The molecule has 4 heterocycles. The lowest BCUT2D eigenvalue weighted by atomic mass is 9.65. The van der Waals surface area contributed by atoms with E-state index in [4.69, 9.17) is 15.0 Å². The summed E-state index contributed by atoms with van der Waals surface area (Å²) in [5.41, 5.74) is 16.6. The van der Waals surface area contributed by atoms with Gasteiger partial charge in [-0.05, 0) is 105 Å². The zero-order valence-electron chi connectivity index (χ0n) is 33.6. The fraction of sp³-hybridized carbons (Fsp3) is 0.0536. The van der Waals surface area contributed by atoms with Crippen LogP contribution in [0.1, 0.15) is 29.5 Å². The van der Waals surface area contributed by atoms with E-state index in [1.54, 1.807) is 0 Å². The van der Waals surface area contributed by atoms with E-state index in [0.717, 1.165) is 62.9 Å². The molecule has 1 spiro atoms. The third kappa shape index (κ3) is 5.90. The van der Waals surface area contributed by atoms with Crippen molar-refractivity contribution in [2.24, 2.45) is 0 Å². The lowest BCUT2D eigenvalue weighted by Gasteiger charge is -2.42. The summed E-state index contributed by atoms with van der Waals surface area (Å²) in [4.78, 5) is 27.0. The van der Waals surface area contributed by atoms with Gasteiger partial charge in [0.25, 0.3) is 0 Å². The third-order valence-corrected chi connectivity index (χ3v) is 13.6. The van der Waals surface area contributed by atoms with Gasteiger partial charge in [-0.3, -0.25) is 9.97 Å². The number of nitrogens with zero attached hydrogens (tertiary/aromatic N) is 5. The molecule has 292 valence electrons. The van der Waals surface area contributed by atoms with Crippen LogP contribution in [-0.2, 0) is 5.41 Å². The largest absolute Gasteiger partial charge is 0.264 e. The second-order valence-corrected chi connectivity index (χ2v) is 17.0. The molecule has 1 atom stereocenters. The summed E-state index contributed by atoms with van der Waals surface area (Å²) in [6.45, 7) is 0. The number of rotatable bonds is 6. The standard InChI is InChI=1S/C56H37N5S/c1-3-13-36(14-4-1)53-59-54(37-15-5-2-6-16-37)61-55(60-53)40-25-28-45-44-27-24-39(43-26-23-38(41-17-11-29-57-34-41)31-46(43)42-18-12-30-58-35-42)32-49(44)56(50(45)33-40)47-19-7-9-21-51(47)62-52-22-10-8-20-48(52)56/h1-7,9,11-35H,8,10H2. The maximum atomic E-state index is 5.19. The van der Waals surface area contributed by atoms with E-state index in [1.165, 1.54) is 43.2 Å². The number of hydrogen-bond donors (Lipinski definition) is 0. The van der Waals surface area contributed by atoms with E-state index >= 15 is 0 Å². The fourth-order valence-corrected chi connectivity index (χ4v) is 10.9. The minimum atomic E-state index is -0.577. The third-order valence-electron chi connectivity index (χ3n) is 12.4. The first-order valence-electron chi connectivity index (χ1n) is 21.0. The molecule has 12 rings (SSSR count). The lowest BCUT2D eigenvalue weighted by molar-refractivity contribution is 0.724. The van der Waals surface area contributed by atoms with E-state index < -0.39 is 5.41 Å². The van der Waals surface area contributed by atoms with Gasteiger partial charge in [0.2, 0.25) is 0 Å². The van der Waals surface area contributed by atoms with Crippen LogP contribution >= 0.6 is 11.8 Å². The molecule has 5 nitrogen and oxygen atoms in total. The second kappa shape index (κ2) is 14.9. The Morgan fingerprint density at radius 1 is 0.387 bits per heavy atom. The van der Waals surface area contributed by atoms with Crippen LogP contribution in [0, 0.1) is 0 Å². The molecule has 0 radical (unpaired) electrons. The summed E-state index contributed by atoms with van der Waals surface area (Å²) < 4.78 is 0. The highest BCUT2D eigenvalue weighted by atomic mass is 32.2. The van der Waals surface area contributed by atoms with Gasteiger partial charge in [-0.1, -0.05) is 151 Å². The predicted octanol–water partition coefficient (Wildman–Crippen LogP) is 13.7. The van der Waals surface area contributed by atoms with Gasteiger partial charge in [-0.15, -0.1) is 0 Å². The smallest absolute Gasteiger partial charge is 0.164 e. The Morgan fingerprint density at radius 2 is 0.935 bits per heavy atom. The molecule has 6 aromatic carbocycles. The summed E-state index contributed by atoms with van der Waals surface area (Å²) in [6.07, 6.45) is 14.5. The molecule has 3 aliphatic rings. The van der Waals surface area contributed by atoms with E-state index in [9.17, 15) is 0 Å². The van der Waals surface area contributed by atoms with Gasteiger partial charge >= 0.3 is 0 Å². The molecule has 2 aliphatic carbocycles. The Labute approximate surface area is 364 Å². The number of aromatic nitrogens is 5. The lowest BCUT2D eigenvalue weighted by Crippen LogP contribution is -2.34. The highest BCUT2D eigenvalue weighted by Crippen LogP contribution is 2.65. The van der Waals surface area contributed by atoms with Crippen molar-refractivity contribution in [3.63, 3.8) is 0 Å². The Hall–Kier alpha value is -7.54. The van der Waals surface area contributed by atoms with Gasteiger partial charge in [0.1, 0.15) is 0 Å². The maximum absolute atomic E-state index is 5.19. The Bertz CT molecular complexity index is 3200. The van der Waals surface area contributed by atoms with Gasteiger partial charge in [0.15, 0.2) is 17.5 Å². The van der Waals surface area contributed by atoms with Crippen LogP contribution in [0.25, 0.3) is 78.7 Å². The minimum absolute atomic E-state index is 0.577. The van der Waals surface area contributed by atoms with Crippen LogP contribution in [0.4, 0.5) is 0 Å². The molecule has 62 heavy (non-hydrogen) atoms. The monoisotopic (exact) mass is 811 g/mol. The molecule has 1 aliphatic heterocycles. The van der Waals surface area contributed by atoms with Gasteiger partial charge < -0.3 is 0 Å². The molecule has 6 heteroatoms. The van der Waals surface area contributed by atoms with Crippen molar-refractivity contribution in [2.75, 3.05) is 0 Å². The van der Waals surface area contributed by atoms with Crippen molar-refractivity contribution in [1.29, 1.82) is 0 Å². The first-order valence-corrected chi connectivity index (χ1v) is 21.8. The fourth-order valence-electron chi connectivity index (χ4n) is 9.63.